The Morgan fingerprint density at radius 1 is 1.13 bits per heavy atom. The first-order chi connectivity index (χ1) is 14.8. The van der Waals surface area contributed by atoms with Gasteiger partial charge in [0.05, 0.1) is 7.11 Å². The van der Waals surface area contributed by atoms with Crippen LogP contribution in [0.15, 0.2) is 36.7 Å². The standard InChI is InChI=1S/C24H33N5O/c1-25-23-24(27-10-9-26-23)28-15-18-14-19(16-28)22(29-11-4-3-8-21(18)29)13-17-6-5-7-20(12-17)30-2/h5-7,9-10,12,18-19,21-22H,3-4,8,11,13-16H2,1-2H3,(H,25,26)/t18-,19+,21+,22+/m1/s1. The second-order valence-electron chi connectivity index (χ2n) is 9.06. The maximum absolute atomic E-state index is 5.49. The summed E-state index contributed by atoms with van der Waals surface area (Å²) in [4.78, 5) is 14.6. The van der Waals surface area contributed by atoms with Crippen LogP contribution >= 0.6 is 0 Å². The van der Waals surface area contributed by atoms with Gasteiger partial charge >= 0.3 is 0 Å². The molecule has 6 nitrogen and oxygen atoms in total. The van der Waals surface area contributed by atoms with Crippen molar-refractivity contribution in [2.24, 2.45) is 11.8 Å². The van der Waals surface area contributed by atoms with Gasteiger partial charge < -0.3 is 15.0 Å². The second kappa shape index (κ2) is 8.42. The number of ether oxygens (including phenoxy) is 1. The SMILES string of the molecule is CNc1nccnc1N1C[C@H]2C[C@@H](C1)[C@H](Cc1cccc(OC)c1)N1CCCC[C@@H]21. The van der Waals surface area contributed by atoms with Gasteiger partial charge in [0.25, 0.3) is 0 Å². The van der Waals surface area contributed by atoms with Crippen molar-refractivity contribution in [3.63, 3.8) is 0 Å². The van der Waals surface area contributed by atoms with Gasteiger partial charge in [0.15, 0.2) is 11.6 Å². The molecule has 3 aliphatic rings. The van der Waals surface area contributed by atoms with Crippen molar-refractivity contribution in [1.82, 2.24) is 14.9 Å². The Hall–Kier alpha value is -2.34. The first kappa shape index (κ1) is 19.6. The van der Waals surface area contributed by atoms with Gasteiger partial charge in [-0.2, -0.15) is 0 Å². The third-order valence-electron chi connectivity index (χ3n) is 7.42. The average molecular weight is 408 g/mol. The Kier molecular flexibility index (Phi) is 5.50. The molecular weight excluding hydrogens is 374 g/mol. The average Bonchev–Trinajstić information content (AvgIpc) is 2.81. The molecule has 0 aliphatic carbocycles. The van der Waals surface area contributed by atoms with E-state index in [2.05, 4.69) is 38.3 Å². The monoisotopic (exact) mass is 407 g/mol. The minimum atomic E-state index is 0.580. The predicted octanol–water partition coefficient (Wildman–Crippen LogP) is 3.45. The van der Waals surface area contributed by atoms with Crippen LogP contribution in [0.25, 0.3) is 0 Å². The van der Waals surface area contributed by atoms with E-state index in [4.69, 9.17) is 9.72 Å². The normalized spacial score (nSPS) is 28.7. The smallest absolute Gasteiger partial charge is 0.171 e. The lowest BCUT2D eigenvalue weighted by molar-refractivity contribution is -0.0318. The van der Waals surface area contributed by atoms with Crippen LogP contribution in [0.1, 0.15) is 31.2 Å². The molecule has 0 saturated carbocycles. The van der Waals surface area contributed by atoms with Gasteiger partial charge in [-0.05, 0) is 61.8 Å². The van der Waals surface area contributed by atoms with Crippen molar-refractivity contribution in [2.75, 3.05) is 44.0 Å². The highest BCUT2D eigenvalue weighted by Gasteiger charge is 2.47. The van der Waals surface area contributed by atoms with Crippen molar-refractivity contribution >= 4 is 11.6 Å². The van der Waals surface area contributed by atoms with Crippen molar-refractivity contribution < 1.29 is 4.74 Å². The molecule has 3 fully saturated rings. The number of hydrogen-bond acceptors (Lipinski definition) is 6. The summed E-state index contributed by atoms with van der Waals surface area (Å²) < 4.78 is 5.49. The molecule has 3 aliphatic heterocycles. The first-order valence-corrected chi connectivity index (χ1v) is 11.4. The zero-order chi connectivity index (χ0) is 20.5. The Labute approximate surface area is 179 Å². The van der Waals surface area contributed by atoms with Gasteiger partial charge in [0, 0.05) is 44.6 Å². The topological polar surface area (TPSA) is 53.5 Å². The van der Waals surface area contributed by atoms with E-state index in [1.54, 1.807) is 13.3 Å². The van der Waals surface area contributed by atoms with E-state index in [9.17, 15) is 0 Å². The van der Waals surface area contributed by atoms with Gasteiger partial charge in [-0.25, -0.2) is 9.97 Å². The van der Waals surface area contributed by atoms with E-state index in [0.29, 0.717) is 18.0 Å². The summed E-state index contributed by atoms with van der Waals surface area (Å²) in [5, 5.41) is 3.24. The van der Waals surface area contributed by atoms with Crippen molar-refractivity contribution in [1.29, 1.82) is 0 Å². The minimum absolute atomic E-state index is 0.580. The molecule has 6 heteroatoms. The van der Waals surface area contributed by atoms with E-state index in [-0.39, 0.29) is 0 Å². The Morgan fingerprint density at radius 3 is 2.87 bits per heavy atom. The highest BCUT2D eigenvalue weighted by molar-refractivity contribution is 5.60. The molecule has 1 aromatic carbocycles. The third kappa shape index (κ3) is 3.62. The van der Waals surface area contributed by atoms with E-state index in [1.165, 1.54) is 37.8 Å². The number of anilines is 2. The number of fused-ring (bicyclic) bond motifs is 4. The number of rotatable bonds is 5. The fourth-order valence-electron chi connectivity index (χ4n) is 6.14. The fraction of sp³-hybridized carbons (Fsp3) is 0.583. The molecule has 4 atom stereocenters. The summed E-state index contributed by atoms with van der Waals surface area (Å²) in [6.07, 6.45) is 10.1. The number of aromatic nitrogens is 2. The molecule has 0 amide bonds. The maximum Gasteiger partial charge on any atom is 0.171 e. The molecule has 5 rings (SSSR count). The molecule has 160 valence electrons. The number of hydrogen-bond donors (Lipinski definition) is 1. The molecule has 4 heterocycles. The van der Waals surface area contributed by atoms with Crippen LogP contribution in [0.3, 0.4) is 0 Å². The molecule has 0 spiro atoms. The molecule has 2 aromatic rings. The first-order valence-electron chi connectivity index (χ1n) is 11.4. The maximum atomic E-state index is 5.49. The fourth-order valence-corrected chi connectivity index (χ4v) is 6.14. The zero-order valence-corrected chi connectivity index (χ0v) is 18.1. The molecule has 3 saturated heterocycles. The number of piperidine rings is 3. The molecular formula is C24H33N5O. The predicted molar refractivity (Wildman–Crippen MR) is 120 cm³/mol. The van der Waals surface area contributed by atoms with Crippen molar-refractivity contribution in [2.45, 2.75) is 44.2 Å². The van der Waals surface area contributed by atoms with Gasteiger partial charge in [-0.1, -0.05) is 18.6 Å². The van der Waals surface area contributed by atoms with Crippen LogP contribution in [-0.2, 0) is 6.42 Å². The van der Waals surface area contributed by atoms with Gasteiger partial charge in [-0.15, -0.1) is 0 Å². The Bertz CT molecular complexity index is 874. The van der Waals surface area contributed by atoms with Crippen LogP contribution in [0, 0.1) is 11.8 Å². The number of benzene rings is 1. The van der Waals surface area contributed by atoms with E-state index in [0.717, 1.165) is 42.8 Å². The summed E-state index contributed by atoms with van der Waals surface area (Å²) in [6, 6.07) is 9.92. The lowest BCUT2D eigenvalue weighted by atomic mass is 9.71. The van der Waals surface area contributed by atoms with Crippen LogP contribution in [-0.4, -0.2) is 60.7 Å². The van der Waals surface area contributed by atoms with E-state index < -0.39 is 0 Å². The lowest BCUT2D eigenvalue weighted by Gasteiger charge is -2.57. The molecule has 30 heavy (non-hydrogen) atoms. The number of nitrogens with zero attached hydrogens (tertiary/aromatic N) is 4. The third-order valence-corrected chi connectivity index (χ3v) is 7.42. The van der Waals surface area contributed by atoms with Gasteiger partial charge in [0.1, 0.15) is 5.75 Å². The second-order valence-corrected chi connectivity index (χ2v) is 9.06. The molecule has 1 N–H and O–H groups in total. The van der Waals surface area contributed by atoms with Gasteiger partial charge in [0.2, 0.25) is 0 Å². The summed E-state index contributed by atoms with van der Waals surface area (Å²) in [7, 11) is 3.69. The summed E-state index contributed by atoms with van der Waals surface area (Å²) in [5.41, 5.74) is 1.38. The molecule has 2 bridgehead atoms. The Balaban J connectivity index is 1.44. The minimum Gasteiger partial charge on any atom is -0.497 e. The highest BCUT2D eigenvalue weighted by Crippen LogP contribution is 2.43. The largest absolute Gasteiger partial charge is 0.497 e. The van der Waals surface area contributed by atoms with Crippen LogP contribution in [0.5, 0.6) is 5.75 Å². The van der Waals surface area contributed by atoms with Crippen LogP contribution in [0.2, 0.25) is 0 Å². The number of methoxy groups -OCH3 is 1. The van der Waals surface area contributed by atoms with Gasteiger partial charge in [-0.3, -0.25) is 4.90 Å². The lowest BCUT2D eigenvalue weighted by Crippen LogP contribution is -2.64. The molecule has 0 radical (unpaired) electrons. The highest BCUT2D eigenvalue weighted by atomic mass is 16.5. The number of nitrogens with one attached hydrogen (secondary N) is 1. The van der Waals surface area contributed by atoms with Crippen LogP contribution in [0.4, 0.5) is 11.6 Å². The quantitative estimate of drug-likeness (QED) is 0.819. The summed E-state index contributed by atoms with van der Waals surface area (Å²) in [6.45, 7) is 3.40. The van der Waals surface area contributed by atoms with Crippen molar-refractivity contribution in [3.05, 3.63) is 42.2 Å². The van der Waals surface area contributed by atoms with E-state index >= 15 is 0 Å². The van der Waals surface area contributed by atoms with E-state index in [1.807, 2.05) is 19.3 Å². The molecule has 1 aromatic heterocycles. The molecule has 0 unspecified atom stereocenters. The zero-order valence-electron chi connectivity index (χ0n) is 18.1. The Morgan fingerprint density at radius 2 is 2.00 bits per heavy atom. The van der Waals surface area contributed by atoms with Crippen molar-refractivity contribution in [3.8, 4) is 5.75 Å². The summed E-state index contributed by atoms with van der Waals surface area (Å²) >= 11 is 0. The van der Waals surface area contributed by atoms with Crippen LogP contribution < -0.4 is 15.0 Å². The summed E-state index contributed by atoms with van der Waals surface area (Å²) in [5.74, 6) is 4.23.